The molecule has 2 aromatic carbocycles. The van der Waals surface area contributed by atoms with Gasteiger partial charge in [-0.1, -0.05) is 30.3 Å². The molecule has 0 aliphatic carbocycles. The van der Waals surface area contributed by atoms with E-state index in [9.17, 15) is 14.0 Å². The lowest BCUT2D eigenvalue weighted by Gasteiger charge is -2.52. The fourth-order valence-electron chi connectivity index (χ4n) is 4.31. The quantitative estimate of drug-likeness (QED) is 0.843. The van der Waals surface area contributed by atoms with Crippen LogP contribution in [-0.2, 0) is 16.0 Å². The first kappa shape index (κ1) is 17.5. The van der Waals surface area contributed by atoms with Gasteiger partial charge in [0, 0.05) is 18.9 Å². The van der Waals surface area contributed by atoms with Crippen LogP contribution in [0, 0.1) is 11.7 Å². The smallest absolute Gasteiger partial charge is 0.238 e. The van der Waals surface area contributed by atoms with Gasteiger partial charge in [-0.2, -0.15) is 0 Å². The zero-order valence-electron chi connectivity index (χ0n) is 15.0. The molecule has 1 saturated heterocycles. The van der Waals surface area contributed by atoms with Gasteiger partial charge in [0.1, 0.15) is 17.5 Å². The first-order valence-corrected chi connectivity index (χ1v) is 9.02. The predicted octanol–water partition coefficient (Wildman–Crippen LogP) is 2.59. The van der Waals surface area contributed by atoms with Crippen LogP contribution < -0.4 is 10.5 Å². The van der Waals surface area contributed by atoms with Crippen LogP contribution in [0.25, 0.3) is 0 Å². The van der Waals surface area contributed by atoms with Crippen LogP contribution in [0.15, 0.2) is 48.5 Å². The molecule has 27 heavy (non-hydrogen) atoms. The fraction of sp³-hybridized carbons (Fsp3) is 0.333. The van der Waals surface area contributed by atoms with Gasteiger partial charge in [-0.05, 0) is 42.7 Å². The number of likely N-dealkylation sites (tertiary alicyclic amines) is 1. The summed E-state index contributed by atoms with van der Waals surface area (Å²) in [7, 11) is 0. The SMILES string of the molecule is C[C@@]12C[C@@H](c3ccccc3O1)[C@H](C(N)=O)C(=O)N2CCc1cccc(F)c1. The molecule has 0 saturated carbocycles. The van der Waals surface area contributed by atoms with Crippen LogP contribution >= 0.6 is 0 Å². The average Bonchev–Trinajstić information content (AvgIpc) is 2.61. The second kappa shape index (κ2) is 6.37. The number of rotatable bonds is 4. The summed E-state index contributed by atoms with van der Waals surface area (Å²) in [6.45, 7) is 2.17. The molecule has 5 nitrogen and oxygen atoms in total. The molecule has 2 aliphatic rings. The van der Waals surface area contributed by atoms with Crippen LogP contribution in [0.4, 0.5) is 4.39 Å². The molecule has 2 heterocycles. The van der Waals surface area contributed by atoms with Crippen molar-refractivity contribution in [3.63, 3.8) is 0 Å². The number of hydrogen-bond donors (Lipinski definition) is 1. The Bertz CT molecular complexity index is 916. The molecule has 2 aromatic rings. The third-order valence-electron chi connectivity index (χ3n) is 5.57. The minimum Gasteiger partial charge on any atom is -0.468 e. The molecule has 2 amide bonds. The van der Waals surface area contributed by atoms with Gasteiger partial charge in [-0.3, -0.25) is 9.59 Å². The van der Waals surface area contributed by atoms with Crippen LogP contribution in [0.1, 0.15) is 30.4 Å². The molecule has 0 spiro atoms. The molecule has 1 fully saturated rings. The summed E-state index contributed by atoms with van der Waals surface area (Å²) in [5, 5.41) is 0. The number of para-hydroxylation sites is 1. The van der Waals surface area contributed by atoms with Crippen molar-refractivity contribution in [3.05, 3.63) is 65.5 Å². The van der Waals surface area contributed by atoms with E-state index in [1.807, 2.05) is 37.3 Å². The van der Waals surface area contributed by atoms with Crippen LogP contribution in [0.5, 0.6) is 5.75 Å². The number of fused-ring (bicyclic) bond motifs is 4. The maximum atomic E-state index is 13.5. The number of amides is 2. The number of hydrogen-bond acceptors (Lipinski definition) is 3. The number of halogens is 1. The van der Waals surface area contributed by atoms with E-state index in [-0.39, 0.29) is 17.6 Å². The van der Waals surface area contributed by atoms with E-state index in [1.54, 1.807) is 11.0 Å². The van der Waals surface area contributed by atoms with Crippen molar-refractivity contribution < 1.29 is 18.7 Å². The highest BCUT2D eigenvalue weighted by molar-refractivity contribution is 6.01. The molecule has 4 rings (SSSR count). The topological polar surface area (TPSA) is 72.6 Å². The molecule has 2 bridgehead atoms. The van der Waals surface area contributed by atoms with E-state index in [1.165, 1.54) is 12.1 Å². The lowest BCUT2D eigenvalue weighted by Crippen LogP contribution is -2.64. The minimum absolute atomic E-state index is 0.296. The minimum atomic E-state index is -0.921. The highest BCUT2D eigenvalue weighted by Gasteiger charge is 2.55. The average molecular weight is 368 g/mol. The summed E-state index contributed by atoms with van der Waals surface area (Å²) in [4.78, 5) is 26.9. The van der Waals surface area contributed by atoms with Crippen LogP contribution in [0.2, 0.25) is 0 Å². The molecule has 2 aliphatic heterocycles. The molecular formula is C21H21FN2O3. The Morgan fingerprint density at radius 1 is 1.30 bits per heavy atom. The second-order valence-electron chi connectivity index (χ2n) is 7.38. The molecule has 2 N–H and O–H groups in total. The van der Waals surface area contributed by atoms with Gasteiger partial charge in [0.05, 0.1) is 0 Å². The van der Waals surface area contributed by atoms with Crippen LogP contribution in [-0.4, -0.2) is 29.0 Å². The van der Waals surface area contributed by atoms with Gasteiger partial charge < -0.3 is 15.4 Å². The van der Waals surface area contributed by atoms with E-state index < -0.39 is 17.6 Å². The Balaban J connectivity index is 1.68. The number of ether oxygens (including phenoxy) is 1. The molecule has 140 valence electrons. The Morgan fingerprint density at radius 2 is 2.07 bits per heavy atom. The molecule has 0 radical (unpaired) electrons. The first-order chi connectivity index (χ1) is 12.9. The summed E-state index contributed by atoms with van der Waals surface area (Å²) < 4.78 is 19.6. The van der Waals surface area contributed by atoms with Gasteiger partial charge >= 0.3 is 0 Å². The number of benzene rings is 2. The van der Waals surface area contributed by atoms with Crippen molar-refractivity contribution in [3.8, 4) is 5.75 Å². The highest BCUT2D eigenvalue weighted by atomic mass is 19.1. The summed E-state index contributed by atoms with van der Waals surface area (Å²) in [6, 6.07) is 13.7. The van der Waals surface area contributed by atoms with E-state index in [0.29, 0.717) is 25.1 Å². The standard InChI is InChI=1S/C21H21FN2O3/c1-21-12-16(15-7-2-3-8-17(15)27-21)18(19(23)25)20(26)24(21)10-9-13-5-4-6-14(22)11-13/h2-8,11,16,18H,9-10,12H2,1H3,(H2,23,25)/t16-,18+,21-/m0/s1. The Morgan fingerprint density at radius 3 is 2.81 bits per heavy atom. The van der Waals surface area contributed by atoms with Gasteiger partial charge in [-0.15, -0.1) is 0 Å². The van der Waals surface area contributed by atoms with Gasteiger partial charge in [0.25, 0.3) is 0 Å². The predicted molar refractivity (Wildman–Crippen MR) is 97.3 cm³/mol. The van der Waals surface area contributed by atoms with E-state index in [0.717, 1.165) is 11.1 Å². The number of primary amides is 1. The fourth-order valence-corrected chi connectivity index (χ4v) is 4.31. The Hall–Kier alpha value is -2.89. The molecule has 3 atom stereocenters. The zero-order chi connectivity index (χ0) is 19.2. The molecular weight excluding hydrogens is 347 g/mol. The van der Waals surface area contributed by atoms with E-state index in [2.05, 4.69) is 0 Å². The summed E-state index contributed by atoms with van der Waals surface area (Å²) in [6.07, 6.45) is 0.951. The Kier molecular flexibility index (Phi) is 4.13. The second-order valence-corrected chi connectivity index (χ2v) is 7.38. The van der Waals surface area contributed by atoms with Gasteiger partial charge in [-0.25, -0.2) is 4.39 Å². The van der Waals surface area contributed by atoms with Crippen molar-refractivity contribution in [2.24, 2.45) is 11.7 Å². The number of nitrogens with zero attached hydrogens (tertiary/aromatic N) is 1. The van der Waals surface area contributed by atoms with Crippen molar-refractivity contribution in [2.75, 3.05) is 6.54 Å². The van der Waals surface area contributed by atoms with Gasteiger partial charge in [0.15, 0.2) is 5.72 Å². The number of nitrogens with two attached hydrogens (primary N) is 1. The largest absolute Gasteiger partial charge is 0.468 e. The zero-order valence-corrected chi connectivity index (χ0v) is 15.0. The number of carbonyl (C=O) groups is 2. The summed E-state index contributed by atoms with van der Waals surface area (Å²) >= 11 is 0. The monoisotopic (exact) mass is 368 g/mol. The van der Waals surface area contributed by atoms with Crippen molar-refractivity contribution in [1.82, 2.24) is 4.90 Å². The van der Waals surface area contributed by atoms with Gasteiger partial charge in [0.2, 0.25) is 11.8 Å². The van der Waals surface area contributed by atoms with Crippen molar-refractivity contribution in [1.29, 1.82) is 0 Å². The maximum absolute atomic E-state index is 13.5. The third kappa shape index (κ3) is 2.95. The van der Waals surface area contributed by atoms with E-state index >= 15 is 0 Å². The molecule has 6 heteroatoms. The van der Waals surface area contributed by atoms with Crippen molar-refractivity contribution in [2.45, 2.75) is 31.4 Å². The summed E-state index contributed by atoms with van der Waals surface area (Å²) in [5.74, 6) is -1.81. The first-order valence-electron chi connectivity index (χ1n) is 9.02. The normalized spacial score (nSPS) is 26.3. The molecule has 0 aromatic heterocycles. The third-order valence-corrected chi connectivity index (χ3v) is 5.57. The maximum Gasteiger partial charge on any atom is 0.238 e. The van der Waals surface area contributed by atoms with Crippen LogP contribution in [0.3, 0.4) is 0 Å². The number of piperidine rings is 1. The van der Waals surface area contributed by atoms with Crippen molar-refractivity contribution >= 4 is 11.8 Å². The molecule has 0 unspecified atom stereocenters. The number of carbonyl (C=O) groups excluding carboxylic acids is 2. The highest BCUT2D eigenvalue weighted by Crippen LogP contribution is 2.49. The Labute approximate surface area is 156 Å². The summed E-state index contributed by atoms with van der Waals surface area (Å²) in [5.41, 5.74) is 6.36. The lowest BCUT2D eigenvalue weighted by atomic mass is 9.73. The lowest BCUT2D eigenvalue weighted by molar-refractivity contribution is -0.175. The van der Waals surface area contributed by atoms with E-state index in [4.69, 9.17) is 10.5 Å².